The molecule has 0 aliphatic heterocycles. The first-order valence-electron chi connectivity index (χ1n) is 6.47. The van der Waals surface area contributed by atoms with Crippen LogP contribution in [0, 0.1) is 0 Å². The summed E-state index contributed by atoms with van der Waals surface area (Å²) in [7, 11) is 1.51. The predicted molar refractivity (Wildman–Crippen MR) is 77.5 cm³/mol. The highest BCUT2D eigenvalue weighted by atomic mass is 16.5. The van der Waals surface area contributed by atoms with Gasteiger partial charge in [-0.05, 0) is 35.1 Å². The number of hydrogen-bond acceptors (Lipinski definition) is 3. The summed E-state index contributed by atoms with van der Waals surface area (Å²) in [5.74, 6) is -0.201. The van der Waals surface area contributed by atoms with Crippen LogP contribution >= 0.6 is 0 Å². The number of aliphatic hydroxyl groups excluding tert-OH is 1. The summed E-state index contributed by atoms with van der Waals surface area (Å²) in [6, 6.07) is 6.97. The van der Waals surface area contributed by atoms with Crippen molar-refractivity contribution >= 4 is 16.7 Å². The van der Waals surface area contributed by atoms with E-state index in [1.807, 2.05) is 12.1 Å². The van der Waals surface area contributed by atoms with E-state index in [0.717, 1.165) is 10.9 Å². The monoisotopic (exact) mass is 274 g/mol. The molecule has 0 fully saturated rings. The maximum atomic E-state index is 11.4. The SMILES string of the molecule is COc1cc2c(C(=O)O)ccc(C(C)C)c2cc1CO. The first kappa shape index (κ1) is 14.3. The summed E-state index contributed by atoms with van der Waals surface area (Å²) in [5.41, 5.74) is 1.96. The Morgan fingerprint density at radius 1 is 1.25 bits per heavy atom. The molecule has 2 N–H and O–H groups in total. The Bertz CT molecular complexity index is 659. The van der Waals surface area contributed by atoms with E-state index in [0.29, 0.717) is 16.7 Å². The minimum absolute atomic E-state index is 0.145. The van der Waals surface area contributed by atoms with Gasteiger partial charge in [-0.15, -0.1) is 0 Å². The van der Waals surface area contributed by atoms with Gasteiger partial charge in [-0.25, -0.2) is 4.79 Å². The van der Waals surface area contributed by atoms with Gasteiger partial charge in [-0.2, -0.15) is 0 Å². The number of hydrogen-bond donors (Lipinski definition) is 2. The van der Waals surface area contributed by atoms with Gasteiger partial charge < -0.3 is 14.9 Å². The molecule has 4 nitrogen and oxygen atoms in total. The van der Waals surface area contributed by atoms with Gasteiger partial charge in [0.05, 0.1) is 19.3 Å². The van der Waals surface area contributed by atoms with Gasteiger partial charge in [0, 0.05) is 10.9 Å². The number of carboxylic acid groups (broad SMARTS) is 1. The van der Waals surface area contributed by atoms with Crippen LogP contribution in [0.1, 0.15) is 41.3 Å². The number of aliphatic hydroxyl groups is 1. The van der Waals surface area contributed by atoms with Crippen molar-refractivity contribution in [1.29, 1.82) is 0 Å². The number of carboxylic acids is 1. The zero-order valence-electron chi connectivity index (χ0n) is 11.8. The highest BCUT2D eigenvalue weighted by molar-refractivity contribution is 6.05. The lowest BCUT2D eigenvalue weighted by atomic mass is 9.91. The Kier molecular flexibility index (Phi) is 3.95. The molecule has 0 aromatic heterocycles. The molecule has 0 aliphatic carbocycles. The second kappa shape index (κ2) is 5.51. The third kappa shape index (κ3) is 2.34. The van der Waals surface area contributed by atoms with E-state index in [2.05, 4.69) is 13.8 Å². The molecule has 4 heteroatoms. The Morgan fingerprint density at radius 3 is 2.45 bits per heavy atom. The molecular formula is C16H18O4. The Morgan fingerprint density at radius 2 is 1.95 bits per heavy atom. The highest BCUT2D eigenvalue weighted by Crippen LogP contribution is 2.33. The molecular weight excluding hydrogens is 256 g/mol. The molecule has 2 aromatic carbocycles. The standard InChI is InChI=1S/C16H18O4/c1-9(2)11-4-5-12(16(18)19)14-7-15(20-3)10(8-17)6-13(11)14/h4-7,9,17H,8H2,1-3H3,(H,18,19). The summed E-state index contributed by atoms with van der Waals surface area (Å²) < 4.78 is 5.23. The first-order valence-corrected chi connectivity index (χ1v) is 6.47. The van der Waals surface area contributed by atoms with Crippen LogP contribution in [0.15, 0.2) is 24.3 Å². The number of ether oxygens (including phenoxy) is 1. The lowest BCUT2D eigenvalue weighted by molar-refractivity contribution is 0.0699. The van der Waals surface area contributed by atoms with Crippen LogP contribution < -0.4 is 4.74 Å². The molecule has 0 unspecified atom stereocenters. The fraction of sp³-hybridized carbons (Fsp3) is 0.312. The molecule has 106 valence electrons. The van der Waals surface area contributed by atoms with Crippen molar-refractivity contribution in [3.05, 3.63) is 41.0 Å². The lowest BCUT2D eigenvalue weighted by Gasteiger charge is -2.15. The van der Waals surface area contributed by atoms with Crippen molar-refractivity contribution in [2.75, 3.05) is 7.11 Å². The average Bonchev–Trinajstić information content (AvgIpc) is 2.43. The number of carbonyl (C=O) groups is 1. The molecule has 20 heavy (non-hydrogen) atoms. The van der Waals surface area contributed by atoms with Crippen LogP contribution in [-0.2, 0) is 6.61 Å². The van der Waals surface area contributed by atoms with Gasteiger partial charge in [-0.1, -0.05) is 19.9 Å². The van der Waals surface area contributed by atoms with E-state index in [9.17, 15) is 15.0 Å². The number of rotatable bonds is 4. The molecule has 0 bridgehead atoms. The summed E-state index contributed by atoms with van der Waals surface area (Å²) in [5, 5.41) is 20.2. The van der Waals surface area contributed by atoms with Crippen molar-refractivity contribution in [2.24, 2.45) is 0 Å². The Labute approximate surface area is 117 Å². The van der Waals surface area contributed by atoms with Crippen LogP contribution in [0.5, 0.6) is 5.75 Å². The number of aromatic carboxylic acids is 1. The first-order chi connectivity index (χ1) is 9.49. The number of fused-ring (bicyclic) bond motifs is 1. The van der Waals surface area contributed by atoms with Crippen molar-refractivity contribution in [3.63, 3.8) is 0 Å². The van der Waals surface area contributed by atoms with Crippen molar-refractivity contribution in [1.82, 2.24) is 0 Å². The van der Waals surface area contributed by atoms with E-state index in [1.54, 1.807) is 12.1 Å². The molecule has 0 saturated carbocycles. The quantitative estimate of drug-likeness (QED) is 0.898. The summed E-state index contributed by atoms with van der Waals surface area (Å²) in [4.78, 5) is 11.4. The smallest absolute Gasteiger partial charge is 0.336 e. The molecule has 0 aliphatic rings. The summed E-state index contributed by atoms with van der Waals surface area (Å²) in [6.45, 7) is 3.96. The van der Waals surface area contributed by atoms with Gasteiger partial charge in [0.2, 0.25) is 0 Å². The van der Waals surface area contributed by atoms with Crippen LogP contribution in [0.25, 0.3) is 10.8 Å². The molecule has 0 radical (unpaired) electrons. The fourth-order valence-electron chi connectivity index (χ4n) is 2.44. The molecule has 0 heterocycles. The topological polar surface area (TPSA) is 66.8 Å². The van der Waals surface area contributed by atoms with Crippen molar-refractivity contribution in [3.8, 4) is 5.75 Å². The molecule has 0 saturated heterocycles. The second-order valence-electron chi connectivity index (χ2n) is 5.03. The van der Waals surface area contributed by atoms with Crippen molar-refractivity contribution < 1.29 is 19.7 Å². The predicted octanol–water partition coefficient (Wildman–Crippen LogP) is 3.16. The fourth-order valence-corrected chi connectivity index (χ4v) is 2.44. The van der Waals surface area contributed by atoms with Gasteiger partial charge in [0.25, 0.3) is 0 Å². The maximum absolute atomic E-state index is 11.4. The van der Waals surface area contributed by atoms with Crippen LogP contribution in [0.3, 0.4) is 0 Å². The van der Waals surface area contributed by atoms with Gasteiger partial charge in [0.1, 0.15) is 5.75 Å². The van der Waals surface area contributed by atoms with Crippen LogP contribution in [-0.4, -0.2) is 23.3 Å². The van der Waals surface area contributed by atoms with E-state index in [-0.39, 0.29) is 18.1 Å². The largest absolute Gasteiger partial charge is 0.496 e. The molecule has 0 spiro atoms. The minimum atomic E-state index is -0.968. The summed E-state index contributed by atoms with van der Waals surface area (Å²) in [6.07, 6.45) is 0. The molecule has 0 amide bonds. The average molecular weight is 274 g/mol. The lowest BCUT2D eigenvalue weighted by Crippen LogP contribution is -2.02. The summed E-state index contributed by atoms with van der Waals surface area (Å²) >= 11 is 0. The zero-order valence-corrected chi connectivity index (χ0v) is 11.8. The van der Waals surface area contributed by atoms with E-state index >= 15 is 0 Å². The maximum Gasteiger partial charge on any atom is 0.336 e. The minimum Gasteiger partial charge on any atom is -0.496 e. The third-order valence-corrected chi connectivity index (χ3v) is 3.47. The zero-order chi connectivity index (χ0) is 14.9. The van der Waals surface area contributed by atoms with Crippen LogP contribution in [0.2, 0.25) is 0 Å². The van der Waals surface area contributed by atoms with Gasteiger partial charge in [0.15, 0.2) is 0 Å². The normalized spacial score (nSPS) is 11.1. The highest BCUT2D eigenvalue weighted by Gasteiger charge is 2.16. The van der Waals surface area contributed by atoms with E-state index < -0.39 is 5.97 Å². The van der Waals surface area contributed by atoms with Gasteiger partial charge in [-0.3, -0.25) is 0 Å². The van der Waals surface area contributed by atoms with Gasteiger partial charge >= 0.3 is 5.97 Å². The molecule has 0 atom stereocenters. The second-order valence-corrected chi connectivity index (χ2v) is 5.03. The number of methoxy groups -OCH3 is 1. The molecule has 2 aromatic rings. The van der Waals surface area contributed by atoms with Crippen molar-refractivity contribution in [2.45, 2.75) is 26.4 Å². The Hall–Kier alpha value is -2.07. The van der Waals surface area contributed by atoms with E-state index in [1.165, 1.54) is 7.11 Å². The molecule has 2 rings (SSSR count). The van der Waals surface area contributed by atoms with E-state index in [4.69, 9.17) is 4.74 Å². The third-order valence-electron chi connectivity index (χ3n) is 3.47. The number of benzene rings is 2. The Balaban J connectivity index is 2.88. The van der Waals surface area contributed by atoms with Crippen LogP contribution in [0.4, 0.5) is 0 Å².